The SMILES string of the molecule is C1=CC2=[N+](c3ccc(-c4ccccn4)cc3)c3ccccc3N3c4ccc5sc6ccccc6c5c4C(=C1)C23. The minimum absolute atomic E-state index is 0.125. The zero-order valence-corrected chi connectivity index (χ0v) is 21.8. The number of rotatable bonds is 2. The number of aromatic nitrogens is 1. The van der Waals surface area contributed by atoms with Gasteiger partial charge in [-0.15, -0.1) is 11.3 Å². The monoisotopic (exact) mass is 516 g/mol. The first-order valence-corrected chi connectivity index (χ1v) is 14.1. The van der Waals surface area contributed by atoms with Gasteiger partial charge in [-0.25, -0.2) is 0 Å². The van der Waals surface area contributed by atoms with E-state index >= 15 is 0 Å². The van der Waals surface area contributed by atoms with Gasteiger partial charge in [0, 0.05) is 61.8 Å². The molecular formula is C35H22N3S+. The van der Waals surface area contributed by atoms with Crippen molar-refractivity contribution in [2.75, 3.05) is 4.90 Å². The van der Waals surface area contributed by atoms with Crippen LogP contribution in [0, 0.1) is 0 Å². The molecule has 2 aromatic heterocycles. The Morgan fingerprint density at radius 2 is 1.59 bits per heavy atom. The molecule has 0 saturated heterocycles. The molecule has 0 radical (unpaired) electrons. The molecule has 0 N–H and O–H groups in total. The summed E-state index contributed by atoms with van der Waals surface area (Å²) in [6.07, 6.45) is 8.69. The summed E-state index contributed by atoms with van der Waals surface area (Å²) in [5.74, 6) is 0. The Morgan fingerprint density at radius 3 is 2.49 bits per heavy atom. The van der Waals surface area contributed by atoms with E-state index in [0.717, 1.165) is 16.9 Å². The van der Waals surface area contributed by atoms with Gasteiger partial charge in [-0.3, -0.25) is 4.98 Å². The Bertz CT molecular complexity index is 2060. The summed E-state index contributed by atoms with van der Waals surface area (Å²) in [6, 6.07) is 37.3. The first-order chi connectivity index (χ1) is 19.4. The highest BCUT2D eigenvalue weighted by atomic mass is 32.1. The maximum atomic E-state index is 4.54. The lowest BCUT2D eigenvalue weighted by atomic mass is 9.90. The molecule has 4 aromatic carbocycles. The molecule has 182 valence electrons. The average molecular weight is 517 g/mol. The second-order valence-electron chi connectivity index (χ2n) is 10.2. The van der Waals surface area contributed by atoms with Crippen molar-refractivity contribution in [3.63, 3.8) is 0 Å². The number of pyridine rings is 1. The quantitative estimate of drug-likeness (QED) is 0.214. The first-order valence-electron chi connectivity index (χ1n) is 13.3. The molecular weight excluding hydrogens is 494 g/mol. The van der Waals surface area contributed by atoms with Gasteiger partial charge in [0.25, 0.3) is 0 Å². The molecule has 4 heterocycles. The lowest BCUT2D eigenvalue weighted by Crippen LogP contribution is -2.43. The highest BCUT2D eigenvalue weighted by Gasteiger charge is 2.49. The highest BCUT2D eigenvalue weighted by Crippen LogP contribution is 2.55. The number of para-hydroxylation sites is 2. The molecule has 9 rings (SSSR count). The maximum absolute atomic E-state index is 4.54. The average Bonchev–Trinajstić information content (AvgIpc) is 3.55. The number of anilines is 2. The topological polar surface area (TPSA) is 19.1 Å². The van der Waals surface area contributed by atoms with E-state index in [1.807, 2.05) is 29.7 Å². The van der Waals surface area contributed by atoms with Crippen molar-refractivity contribution in [1.29, 1.82) is 0 Å². The predicted octanol–water partition coefficient (Wildman–Crippen LogP) is 8.88. The number of fused-ring (bicyclic) bond motifs is 9. The molecule has 1 aliphatic carbocycles. The number of thiophene rings is 1. The van der Waals surface area contributed by atoms with Gasteiger partial charge in [0.1, 0.15) is 11.7 Å². The molecule has 39 heavy (non-hydrogen) atoms. The van der Waals surface area contributed by atoms with Crippen LogP contribution in [-0.2, 0) is 0 Å². The van der Waals surface area contributed by atoms with Crippen molar-refractivity contribution in [2.24, 2.45) is 0 Å². The zero-order chi connectivity index (χ0) is 25.5. The molecule has 0 amide bonds. The highest BCUT2D eigenvalue weighted by molar-refractivity contribution is 7.25. The number of allylic oxidation sites excluding steroid dienone is 2. The minimum atomic E-state index is 0.125. The molecule has 4 heteroatoms. The maximum Gasteiger partial charge on any atom is 0.235 e. The van der Waals surface area contributed by atoms with Crippen molar-refractivity contribution in [2.45, 2.75) is 6.04 Å². The van der Waals surface area contributed by atoms with Crippen LogP contribution in [0.3, 0.4) is 0 Å². The lowest BCUT2D eigenvalue weighted by Gasteiger charge is -2.32. The number of benzene rings is 4. The Kier molecular flexibility index (Phi) is 4.26. The predicted molar refractivity (Wildman–Crippen MR) is 165 cm³/mol. The minimum Gasteiger partial charge on any atom is -0.318 e. The first kappa shape index (κ1) is 21.2. The van der Waals surface area contributed by atoms with E-state index in [0.29, 0.717) is 0 Å². The third-order valence-corrected chi connectivity index (χ3v) is 9.31. The van der Waals surface area contributed by atoms with Gasteiger partial charge in [-0.1, -0.05) is 48.6 Å². The Hall–Kier alpha value is -4.80. The third kappa shape index (κ3) is 2.87. The second kappa shape index (κ2) is 7.85. The molecule has 1 atom stereocenters. The Balaban J connectivity index is 1.30. The van der Waals surface area contributed by atoms with Gasteiger partial charge < -0.3 is 4.90 Å². The van der Waals surface area contributed by atoms with Crippen LogP contribution >= 0.6 is 11.3 Å². The van der Waals surface area contributed by atoms with E-state index in [-0.39, 0.29) is 6.04 Å². The Morgan fingerprint density at radius 1 is 0.744 bits per heavy atom. The van der Waals surface area contributed by atoms with E-state index in [4.69, 9.17) is 0 Å². The van der Waals surface area contributed by atoms with E-state index in [1.54, 1.807) is 0 Å². The summed E-state index contributed by atoms with van der Waals surface area (Å²) in [5.41, 5.74) is 11.0. The summed E-state index contributed by atoms with van der Waals surface area (Å²) in [6.45, 7) is 0. The molecule has 0 bridgehead atoms. The van der Waals surface area contributed by atoms with Crippen molar-refractivity contribution in [3.05, 3.63) is 133 Å². The molecule has 0 spiro atoms. The molecule has 3 aliphatic rings. The van der Waals surface area contributed by atoms with Crippen molar-refractivity contribution >= 4 is 65.5 Å². The lowest BCUT2D eigenvalue weighted by molar-refractivity contribution is 0.931. The number of nitrogens with zero attached hydrogens (tertiary/aromatic N) is 3. The van der Waals surface area contributed by atoms with Gasteiger partial charge in [0.2, 0.25) is 17.1 Å². The van der Waals surface area contributed by atoms with Gasteiger partial charge in [0.05, 0.1) is 11.4 Å². The van der Waals surface area contributed by atoms with Crippen LogP contribution in [0.15, 0.2) is 128 Å². The molecule has 6 aromatic rings. The molecule has 0 saturated carbocycles. The van der Waals surface area contributed by atoms with Crippen LogP contribution in [0.25, 0.3) is 37.0 Å². The molecule has 2 aliphatic heterocycles. The van der Waals surface area contributed by atoms with Crippen molar-refractivity contribution in [1.82, 2.24) is 9.56 Å². The fourth-order valence-corrected chi connectivity index (χ4v) is 7.70. The van der Waals surface area contributed by atoms with Crippen molar-refractivity contribution in [3.8, 4) is 11.3 Å². The zero-order valence-electron chi connectivity index (χ0n) is 21.0. The largest absolute Gasteiger partial charge is 0.318 e. The molecule has 3 nitrogen and oxygen atoms in total. The van der Waals surface area contributed by atoms with Crippen LogP contribution in [-0.4, -0.2) is 16.7 Å². The van der Waals surface area contributed by atoms with Gasteiger partial charge in [0.15, 0.2) is 0 Å². The summed E-state index contributed by atoms with van der Waals surface area (Å²) >= 11 is 1.89. The van der Waals surface area contributed by atoms with Crippen LogP contribution in [0.1, 0.15) is 5.56 Å². The van der Waals surface area contributed by atoms with Crippen LogP contribution in [0.5, 0.6) is 0 Å². The van der Waals surface area contributed by atoms with Gasteiger partial charge in [-0.05, 0) is 54.1 Å². The molecule has 0 fully saturated rings. The summed E-state index contributed by atoms with van der Waals surface area (Å²) < 4.78 is 5.13. The fourth-order valence-electron chi connectivity index (χ4n) is 6.59. The van der Waals surface area contributed by atoms with Crippen LogP contribution in [0.4, 0.5) is 22.7 Å². The van der Waals surface area contributed by atoms with E-state index in [9.17, 15) is 0 Å². The Labute approximate surface area is 229 Å². The van der Waals surface area contributed by atoms with Gasteiger partial charge in [-0.2, -0.15) is 4.58 Å². The number of hydrogen-bond donors (Lipinski definition) is 0. The normalized spacial score (nSPS) is 16.9. The smallest absolute Gasteiger partial charge is 0.235 e. The standard InChI is InChI=1S/C35H22N3S/c1-4-14-31-24(8-1)34-32(39-31)20-19-29-33(34)25-9-7-13-30-35(25)38(29)28-12-3-2-11-27(28)37(30)23-17-15-22(16-18-23)26-10-5-6-21-36-26/h1-21,35H/q+1. The second-order valence-corrected chi connectivity index (χ2v) is 11.3. The summed E-state index contributed by atoms with van der Waals surface area (Å²) in [4.78, 5) is 7.10. The van der Waals surface area contributed by atoms with E-state index in [2.05, 4.69) is 124 Å². The summed E-state index contributed by atoms with van der Waals surface area (Å²) in [7, 11) is 0. The van der Waals surface area contributed by atoms with Crippen molar-refractivity contribution < 1.29 is 0 Å². The summed E-state index contributed by atoms with van der Waals surface area (Å²) in [5, 5.41) is 2.73. The molecule has 1 unspecified atom stereocenters. The van der Waals surface area contributed by atoms with Crippen LogP contribution in [0.2, 0.25) is 0 Å². The van der Waals surface area contributed by atoms with Crippen LogP contribution < -0.4 is 9.48 Å². The van der Waals surface area contributed by atoms with Gasteiger partial charge >= 0.3 is 0 Å². The third-order valence-electron chi connectivity index (χ3n) is 8.17. The van der Waals surface area contributed by atoms with E-state index in [1.165, 1.54) is 54.1 Å². The number of hydrogen-bond acceptors (Lipinski definition) is 3. The van der Waals surface area contributed by atoms with E-state index < -0.39 is 0 Å². The fraction of sp³-hybridized carbons (Fsp3) is 0.0286.